The van der Waals surface area contributed by atoms with Crippen LogP contribution in [0.4, 0.5) is 5.82 Å². The van der Waals surface area contributed by atoms with E-state index in [4.69, 9.17) is 4.74 Å². The summed E-state index contributed by atoms with van der Waals surface area (Å²) < 4.78 is 7.47. The van der Waals surface area contributed by atoms with Crippen molar-refractivity contribution in [3.8, 4) is 16.3 Å². The Kier molecular flexibility index (Phi) is 5.08. The second-order valence-electron chi connectivity index (χ2n) is 7.84. The molecule has 5 rings (SSSR count). The SMILES string of the molecule is COc1sccc1C(C)CNc1cc(-c2cnc3c(cnn3CC3CC3)c2)ncn1. The summed E-state index contributed by atoms with van der Waals surface area (Å²) in [6.45, 7) is 3.90. The van der Waals surface area contributed by atoms with Gasteiger partial charge in [0.05, 0.1) is 19.0 Å². The van der Waals surface area contributed by atoms with Crippen molar-refractivity contribution in [2.45, 2.75) is 32.2 Å². The zero-order valence-corrected chi connectivity index (χ0v) is 17.9. The molecule has 1 saturated carbocycles. The fraction of sp³-hybridized carbons (Fsp3) is 0.364. The van der Waals surface area contributed by atoms with Crippen molar-refractivity contribution in [1.82, 2.24) is 24.7 Å². The van der Waals surface area contributed by atoms with E-state index in [0.717, 1.165) is 52.2 Å². The van der Waals surface area contributed by atoms with Crippen LogP contribution in [-0.4, -0.2) is 38.4 Å². The number of fused-ring (bicyclic) bond motifs is 1. The van der Waals surface area contributed by atoms with Crippen LogP contribution in [-0.2, 0) is 6.54 Å². The van der Waals surface area contributed by atoms with Crippen molar-refractivity contribution >= 4 is 28.2 Å². The molecule has 0 amide bonds. The highest BCUT2D eigenvalue weighted by Crippen LogP contribution is 2.33. The van der Waals surface area contributed by atoms with E-state index in [1.54, 1.807) is 24.8 Å². The Balaban J connectivity index is 1.31. The number of nitrogens with one attached hydrogen (secondary N) is 1. The van der Waals surface area contributed by atoms with Gasteiger partial charge in [-0.25, -0.2) is 19.6 Å². The first-order chi connectivity index (χ1) is 14.7. The second-order valence-corrected chi connectivity index (χ2v) is 8.72. The molecule has 4 aromatic rings. The lowest BCUT2D eigenvalue weighted by Gasteiger charge is -2.14. The molecular weight excluding hydrogens is 396 g/mol. The molecule has 8 heteroatoms. The van der Waals surface area contributed by atoms with E-state index in [2.05, 4.69) is 49.8 Å². The molecule has 30 heavy (non-hydrogen) atoms. The number of ether oxygens (including phenoxy) is 1. The number of rotatable bonds is 8. The average molecular weight is 421 g/mol. The molecule has 0 radical (unpaired) electrons. The van der Waals surface area contributed by atoms with Gasteiger partial charge in [0.1, 0.15) is 12.1 Å². The lowest BCUT2D eigenvalue weighted by molar-refractivity contribution is 0.420. The van der Waals surface area contributed by atoms with E-state index < -0.39 is 0 Å². The van der Waals surface area contributed by atoms with Gasteiger partial charge in [0.2, 0.25) is 0 Å². The van der Waals surface area contributed by atoms with Crippen LogP contribution in [0.1, 0.15) is 31.2 Å². The third-order valence-electron chi connectivity index (χ3n) is 5.53. The zero-order valence-electron chi connectivity index (χ0n) is 17.1. The maximum absolute atomic E-state index is 5.45. The van der Waals surface area contributed by atoms with Crippen LogP contribution < -0.4 is 10.1 Å². The van der Waals surface area contributed by atoms with Crippen LogP contribution in [0.5, 0.6) is 5.06 Å². The molecule has 0 bridgehead atoms. The van der Waals surface area contributed by atoms with Crippen LogP contribution >= 0.6 is 11.3 Å². The van der Waals surface area contributed by atoms with Crippen LogP contribution in [0.2, 0.25) is 0 Å². The normalized spacial score (nSPS) is 14.7. The monoisotopic (exact) mass is 420 g/mol. The first kappa shape index (κ1) is 19.0. The summed E-state index contributed by atoms with van der Waals surface area (Å²) >= 11 is 1.62. The summed E-state index contributed by atoms with van der Waals surface area (Å²) in [5, 5.41) is 12.0. The molecule has 7 nitrogen and oxygen atoms in total. The van der Waals surface area contributed by atoms with Gasteiger partial charge in [-0.15, -0.1) is 11.3 Å². The number of hydrogen-bond donors (Lipinski definition) is 1. The van der Waals surface area contributed by atoms with Crippen molar-refractivity contribution in [3.63, 3.8) is 0 Å². The smallest absolute Gasteiger partial charge is 0.176 e. The third kappa shape index (κ3) is 3.87. The molecular formula is C22H24N6OS. The number of pyridine rings is 1. The maximum Gasteiger partial charge on any atom is 0.176 e. The number of nitrogens with zero attached hydrogens (tertiary/aromatic N) is 5. The van der Waals surface area contributed by atoms with E-state index >= 15 is 0 Å². The quantitative estimate of drug-likeness (QED) is 0.449. The van der Waals surface area contributed by atoms with Crippen molar-refractivity contribution in [2.75, 3.05) is 19.0 Å². The molecule has 154 valence electrons. The van der Waals surface area contributed by atoms with Gasteiger partial charge in [-0.2, -0.15) is 5.10 Å². The van der Waals surface area contributed by atoms with Gasteiger partial charge in [-0.3, -0.25) is 0 Å². The Labute approximate surface area is 179 Å². The minimum Gasteiger partial charge on any atom is -0.487 e. The predicted octanol–water partition coefficient (Wildman–Crippen LogP) is 4.58. The summed E-state index contributed by atoms with van der Waals surface area (Å²) in [5.41, 5.74) is 3.96. The fourth-order valence-corrected chi connectivity index (χ4v) is 4.45. The lowest BCUT2D eigenvalue weighted by atomic mass is 10.0. The van der Waals surface area contributed by atoms with E-state index in [0.29, 0.717) is 5.92 Å². The van der Waals surface area contributed by atoms with Gasteiger partial charge in [0, 0.05) is 47.8 Å². The molecule has 0 saturated heterocycles. The Morgan fingerprint density at radius 3 is 2.97 bits per heavy atom. The minimum atomic E-state index is 0.305. The van der Waals surface area contributed by atoms with Gasteiger partial charge >= 0.3 is 0 Å². The van der Waals surface area contributed by atoms with Crippen molar-refractivity contribution in [2.24, 2.45) is 5.92 Å². The molecule has 1 N–H and O–H groups in total. The third-order valence-corrected chi connectivity index (χ3v) is 6.42. The molecule has 0 aromatic carbocycles. The highest BCUT2D eigenvalue weighted by Gasteiger charge is 2.23. The Bertz CT molecular complexity index is 1170. The maximum atomic E-state index is 5.45. The highest BCUT2D eigenvalue weighted by molar-refractivity contribution is 7.12. The van der Waals surface area contributed by atoms with Gasteiger partial charge < -0.3 is 10.1 Å². The molecule has 1 unspecified atom stereocenters. The summed E-state index contributed by atoms with van der Waals surface area (Å²) in [4.78, 5) is 13.5. The molecule has 1 aliphatic rings. The van der Waals surface area contributed by atoms with E-state index in [1.807, 2.05) is 23.1 Å². The summed E-state index contributed by atoms with van der Waals surface area (Å²) in [7, 11) is 1.71. The standard InChI is InChI=1S/C22H24N6OS/c1-14(18-5-6-30-22(18)29-2)9-23-20-8-19(25-13-26-20)16-7-17-11-27-28(12-15-3-4-15)21(17)24-10-16/h5-8,10-11,13-15H,3-4,9,12H2,1-2H3,(H,23,25,26). The van der Waals surface area contributed by atoms with E-state index in [9.17, 15) is 0 Å². The van der Waals surface area contributed by atoms with Gasteiger partial charge in [0.15, 0.2) is 10.7 Å². The Hall–Kier alpha value is -3.00. The van der Waals surface area contributed by atoms with Crippen molar-refractivity contribution in [3.05, 3.63) is 47.9 Å². The Morgan fingerprint density at radius 1 is 1.23 bits per heavy atom. The molecule has 0 spiro atoms. The van der Waals surface area contributed by atoms with Crippen LogP contribution in [0.15, 0.2) is 42.3 Å². The topological polar surface area (TPSA) is 77.8 Å². The van der Waals surface area contributed by atoms with Crippen LogP contribution in [0, 0.1) is 5.92 Å². The van der Waals surface area contributed by atoms with Crippen LogP contribution in [0.3, 0.4) is 0 Å². The largest absolute Gasteiger partial charge is 0.487 e. The minimum absolute atomic E-state index is 0.305. The predicted molar refractivity (Wildman–Crippen MR) is 119 cm³/mol. The summed E-state index contributed by atoms with van der Waals surface area (Å²) in [6, 6.07) is 6.18. The summed E-state index contributed by atoms with van der Waals surface area (Å²) in [5.74, 6) is 1.87. The number of aromatic nitrogens is 5. The number of anilines is 1. The molecule has 4 heterocycles. The molecule has 0 aliphatic heterocycles. The molecule has 1 atom stereocenters. The van der Waals surface area contributed by atoms with Crippen molar-refractivity contribution < 1.29 is 4.74 Å². The highest BCUT2D eigenvalue weighted by atomic mass is 32.1. The number of methoxy groups -OCH3 is 1. The summed E-state index contributed by atoms with van der Waals surface area (Å²) in [6.07, 6.45) is 7.96. The first-order valence-corrected chi connectivity index (χ1v) is 11.1. The number of hydrogen-bond acceptors (Lipinski definition) is 7. The molecule has 4 aromatic heterocycles. The number of thiophene rings is 1. The van der Waals surface area contributed by atoms with Gasteiger partial charge in [0.25, 0.3) is 0 Å². The molecule has 1 aliphatic carbocycles. The lowest BCUT2D eigenvalue weighted by Crippen LogP contribution is -2.11. The van der Waals surface area contributed by atoms with Crippen LogP contribution in [0.25, 0.3) is 22.3 Å². The fourth-order valence-electron chi connectivity index (χ4n) is 3.61. The zero-order chi connectivity index (χ0) is 20.5. The average Bonchev–Trinajstić information content (AvgIpc) is 3.31. The van der Waals surface area contributed by atoms with E-state index in [1.165, 1.54) is 18.4 Å². The van der Waals surface area contributed by atoms with E-state index in [-0.39, 0.29) is 0 Å². The molecule has 1 fully saturated rings. The van der Waals surface area contributed by atoms with Gasteiger partial charge in [-0.1, -0.05) is 6.92 Å². The van der Waals surface area contributed by atoms with Crippen molar-refractivity contribution in [1.29, 1.82) is 0 Å². The van der Waals surface area contributed by atoms with Gasteiger partial charge in [-0.05, 0) is 36.3 Å². The Morgan fingerprint density at radius 2 is 2.13 bits per heavy atom. The second kappa shape index (κ2) is 8.02. The first-order valence-electron chi connectivity index (χ1n) is 10.2.